The molecular weight excluding hydrogens is 679 g/mol. The van der Waals surface area contributed by atoms with Crippen molar-refractivity contribution in [3.05, 3.63) is 86.0 Å². The molecule has 0 saturated carbocycles. The number of aromatic nitrogens is 2. The fourth-order valence-corrected chi connectivity index (χ4v) is 4.90. The van der Waals surface area contributed by atoms with E-state index in [-0.39, 0.29) is 24.1 Å². The summed E-state index contributed by atoms with van der Waals surface area (Å²) in [6.07, 6.45) is 4.09. The molecule has 2 N–H and O–H groups in total. The summed E-state index contributed by atoms with van der Waals surface area (Å²) in [5, 5.41) is 5.48. The molecule has 0 spiro atoms. The second-order valence-corrected chi connectivity index (χ2v) is 12.5. The van der Waals surface area contributed by atoms with Crippen molar-refractivity contribution >= 4 is 40.4 Å². The Balaban J connectivity index is 1.35. The number of halogens is 1. The van der Waals surface area contributed by atoms with Crippen molar-refractivity contribution in [1.82, 2.24) is 14.9 Å². The predicted molar refractivity (Wildman–Crippen MR) is 174 cm³/mol. The van der Waals surface area contributed by atoms with Crippen LogP contribution in [0, 0.1) is 3.57 Å². The highest BCUT2D eigenvalue weighted by molar-refractivity contribution is 14.1. The number of ether oxygens (including phenoxy) is 4. The molecule has 1 aliphatic heterocycles. The summed E-state index contributed by atoms with van der Waals surface area (Å²) in [6, 6.07) is 16.1. The molecule has 11 nitrogen and oxygen atoms in total. The Morgan fingerprint density at radius 3 is 2.55 bits per heavy atom. The maximum Gasteiger partial charge on any atom is 0.407 e. The first-order valence-electron chi connectivity index (χ1n) is 14.6. The van der Waals surface area contributed by atoms with Gasteiger partial charge in [0.1, 0.15) is 5.60 Å². The second kappa shape index (κ2) is 16.1. The average Bonchev–Trinajstić information content (AvgIpc) is 3.00. The third-order valence-corrected chi connectivity index (χ3v) is 7.38. The fraction of sp³-hybridized carbons (Fsp3) is 0.438. The zero-order valence-electron chi connectivity index (χ0n) is 25.2. The molecule has 0 aliphatic carbocycles. The lowest BCUT2D eigenvalue weighted by Crippen LogP contribution is -2.35. The Labute approximate surface area is 270 Å². The molecule has 1 fully saturated rings. The van der Waals surface area contributed by atoms with Crippen LogP contribution in [0.4, 0.5) is 10.6 Å². The van der Waals surface area contributed by atoms with Crippen LogP contribution in [0.5, 0.6) is 0 Å². The molecule has 2 aromatic carbocycles. The van der Waals surface area contributed by atoms with Gasteiger partial charge in [0.25, 0.3) is 5.91 Å². The number of amides is 2. The molecule has 0 bridgehead atoms. The minimum Gasteiger partial charge on any atom is -0.444 e. The Bertz CT molecular complexity index is 1440. The number of alkyl carbamates (subject to hydrolysis) is 1. The molecule has 236 valence electrons. The highest BCUT2D eigenvalue weighted by Crippen LogP contribution is 2.18. The van der Waals surface area contributed by atoms with E-state index in [0.29, 0.717) is 47.6 Å². The number of carbonyl (C=O) groups excluding carboxylic acids is 2. The minimum absolute atomic E-state index is 0.207. The van der Waals surface area contributed by atoms with Crippen molar-refractivity contribution in [2.24, 2.45) is 0 Å². The van der Waals surface area contributed by atoms with Crippen LogP contribution >= 0.6 is 22.6 Å². The molecule has 1 unspecified atom stereocenters. The van der Waals surface area contributed by atoms with Crippen LogP contribution in [0.2, 0.25) is 0 Å². The van der Waals surface area contributed by atoms with E-state index in [2.05, 4.69) is 15.6 Å². The zero-order valence-corrected chi connectivity index (χ0v) is 27.4. The van der Waals surface area contributed by atoms with E-state index < -0.39 is 17.4 Å². The van der Waals surface area contributed by atoms with Crippen LogP contribution in [-0.4, -0.2) is 59.3 Å². The maximum atomic E-state index is 12.8. The quantitative estimate of drug-likeness (QED) is 0.237. The van der Waals surface area contributed by atoms with E-state index in [1.54, 1.807) is 30.5 Å². The van der Waals surface area contributed by atoms with Crippen molar-refractivity contribution in [2.75, 3.05) is 25.1 Å². The van der Waals surface area contributed by atoms with Gasteiger partial charge in [-0.15, -0.1) is 0 Å². The monoisotopic (exact) mass is 718 g/mol. The first-order valence-corrected chi connectivity index (χ1v) is 15.7. The van der Waals surface area contributed by atoms with Gasteiger partial charge in [-0.05, 0) is 98.9 Å². The zero-order chi connectivity index (χ0) is 31.5. The summed E-state index contributed by atoms with van der Waals surface area (Å²) in [7, 11) is 0. The average molecular weight is 719 g/mol. The van der Waals surface area contributed by atoms with Crippen molar-refractivity contribution in [3.8, 4) is 5.69 Å². The third kappa shape index (κ3) is 10.7. The van der Waals surface area contributed by atoms with E-state index >= 15 is 0 Å². The molecule has 2 atom stereocenters. The van der Waals surface area contributed by atoms with Crippen LogP contribution in [0.15, 0.2) is 65.6 Å². The van der Waals surface area contributed by atoms with Crippen LogP contribution in [-0.2, 0) is 25.6 Å². The van der Waals surface area contributed by atoms with Gasteiger partial charge in [-0.25, -0.2) is 9.59 Å². The molecule has 2 amide bonds. The second-order valence-electron chi connectivity index (χ2n) is 11.4. The summed E-state index contributed by atoms with van der Waals surface area (Å²) >= 11 is 2.04. The minimum atomic E-state index is -0.576. The normalized spacial score (nSPS) is 15.8. The van der Waals surface area contributed by atoms with Gasteiger partial charge in [-0.1, -0.05) is 30.3 Å². The standard InChI is InChI=1S/C32H39IN4O7/c1-32(2,3)44-31(40)34-17-16-25(21-43-27-11-7-8-18-41-27)42-20-22-12-14-24(15-13-22)37-19-26(33)28(36-30(37)39)35-29(38)23-9-5-4-6-10-23/h4-6,9-10,12-15,19,25,27H,7-8,11,16-18,20-21H2,1-3H3,(H,34,40)(H,35,36,38,39)/t25-,27?/m1/s1. The van der Waals surface area contributed by atoms with Gasteiger partial charge in [0.05, 0.1) is 28.6 Å². The summed E-state index contributed by atoms with van der Waals surface area (Å²) in [6.45, 7) is 7.13. The lowest BCUT2D eigenvalue weighted by atomic mass is 10.2. The molecule has 44 heavy (non-hydrogen) atoms. The Morgan fingerprint density at radius 2 is 1.86 bits per heavy atom. The van der Waals surface area contributed by atoms with Gasteiger partial charge in [0, 0.05) is 24.9 Å². The largest absolute Gasteiger partial charge is 0.444 e. The fourth-order valence-electron chi connectivity index (χ4n) is 4.36. The number of anilines is 1. The molecule has 0 radical (unpaired) electrons. The number of nitrogens with one attached hydrogen (secondary N) is 2. The van der Waals surface area contributed by atoms with Crippen LogP contribution in [0.25, 0.3) is 5.69 Å². The van der Waals surface area contributed by atoms with Crippen LogP contribution in [0.1, 0.15) is 62.4 Å². The van der Waals surface area contributed by atoms with Crippen molar-refractivity contribution in [1.29, 1.82) is 0 Å². The lowest BCUT2D eigenvalue weighted by molar-refractivity contribution is -0.181. The summed E-state index contributed by atoms with van der Waals surface area (Å²) in [5.41, 5.74) is 0.907. The van der Waals surface area contributed by atoms with Crippen molar-refractivity contribution in [2.45, 2.75) is 71.1 Å². The number of nitrogens with zero attached hydrogens (tertiary/aromatic N) is 2. The molecule has 3 aromatic rings. The summed E-state index contributed by atoms with van der Waals surface area (Å²) in [5.74, 6) is -0.133. The van der Waals surface area contributed by atoms with Gasteiger partial charge in [-0.2, -0.15) is 4.98 Å². The van der Waals surface area contributed by atoms with Gasteiger partial charge in [0.15, 0.2) is 12.1 Å². The van der Waals surface area contributed by atoms with Gasteiger partial charge in [-0.3, -0.25) is 9.36 Å². The Kier molecular flexibility index (Phi) is 12.3. The predicted octanol–water partition coefficient (Wildman–Crippen LogP) is 5.43. The van der Waals surface area contributed by atoms with Crippen LogP contribution < -0.4 is 16.3 Å². The van der Waals surface area contributed by atoms with Gasteiger partial charge < -0.3 is 29.6 Å². The first-order chi connectivity index (χ1) is 21.1. The van der Waals surface area contributed by atoms with Crippen molar-refractivity contribution < 1.29 is 28.5 Å². The molecule has 1 aliphatic rings. The third-order valence-electron chi connectivity index (χ3n) is 6.59. The SMILES string of the molecule is CC(C)(C)OC(=O)NCC[C@H](COC1CCCCO1)OCc1ccc(-n2cc(I)c(NC(=O)c3ccccc3)nc2=O)cc1. The topological polar surface area (TPSA) is 130 Å². The molecule has 2 heterocycles. The van der Waals surface area contributed by atoms with Gasteiger partial charge >= 0.3 is 11.8 Å². The molecule has 12 heteroatoms. The lowest BCUT2D eigenvalue weighted by Gasteiger charge is -2.26. The van der Waals surface area contributed by atoms with E-state index in [0.717, 1.165) is 24.8 Å². The number of benzene rings is 2. The molecule has 4 rings (SSSR count). The first kappa shape index (κ1) is 33.6. The molecule has 1 saturated heterocycles. The summed E-state index contributed by atoms with van der Waals surface area (Å²) < 4.78 is 25.2. The highest BCUT2D eigenvalue weighted by Gasteiger charge is 2.20. The van der Waals surface area contributed by atoms with Crippen molar-refractivity contribution in [3.63, 3.8) is 0 Å². The number of carbonyl (C=O) groups is 2. The van der Waals surface area contributed by atoms with E-state index in [9.17, 15) is 14.4 Å². The maximum absolute atomic E-state index is 12.8. The smallest absolute Gasteiger partial charge is 0.407 e. The Morgan fingerprint density at radius 1 is 1.11 bits per heavy atom. The number of hydrogen-bond donors (Lipinski definition) is 2. The number of rotatable bonds is 12. The molecule has 1 aromatic heterocycles. The molecular formula is C32H39IN4O7. The van der Waals surface area contributed by atoms with E-state index in [1.807, 2.05) is 73.7 Å². The number of hydrogen-bond acceptors (Lipinski definition) is 8. The summed E-state index contributed by atoms with van der Waals surface area (Å²) in [4.78, 5) is 41.5. The van der Waals surface area contributed by atoms with Gasteiger partial charge in [0.2, 0.25) is 0 Å². The highest BCUT2D eigenvalue weighted by atomic mass is 127. The van der Waals surface area contributed by atoms with Crippen LogP contribution in [0.3, 0.4) is 0 Å². The Hall–Kier alpha value is -3.33. The van der Waals surface area contributed by atoms with E-state index in [1.165, 1.54) is 4.57 Å². The van der Waals surface area contributed by atoms with E-state index in [4.69, 9.17) is 18.9 Å².